The van der Waals surface area contributed by atoms with Crippen LogP contribution in [0.15, 0.2) is 91.3 Å². The summed E-state index contributed by atoms with van der Waals surface area (Å²) >= 11 is 6.48. The van der Waals surface area contributed by atoms with Gasteiger partial charge in [-0.05, 0) is 77.1 Å². The zero-order chi connectivity index (χ0) is 29.6. The monoisotopic (exact) mass is 574 g/mol. The summed E-state index contributed by atoms with van der Waals surface area (Å²) in [6, 6.07) is 26.4. The van der Waals surface area contributed by atoms with Gasteiger partial charge < -0.3 is 14.6 Å². The molecule has 0 fully saturated rings. The number of benzene rings is 4. The molecule has 7 heteroatoms. The van der Waals surface area contributed by atoms with Gasteiger partial charge in [0.25, 0.3) is 0 Å². The predicted molar refractivity (Wildman–Crippen MR) is 163 cm³/mol. The molecule has 4 aromatic carbocycles. The first kappa shape index (κ1) is 28.4. The maximum absolute atomic E-state index is 11.7. The minimum Gasteiger partial charge on any atom is -0.508 e. The largest absolute Gasteiger partial charge is 0.508 e. The standard InChI is InChI=1S/C35H27ClN2O4/c1-22-27(5-3-7-31(22)32-8-4-6-30(23(32)2)26-9-11-29(40)12-10-26)21-42-35-15-34(28(19-39)14-33(35)36)41-20-25-13-24(16-37)17-38-18-25/h3-15,17-19,40H,20-21H2,1-2H3. The minimum atomic E-state index is 0.119. The van der Waals surface area contributed by atoms with Gasteiger partial charge in [-0.25, -0.2) is 0 Å². The van der Waals surface area contributed by atoms with E-state index in [1.54, 1.807) is 30.5 Å². The zero-order valence-corrected chi connectivity index (χ0v) is 23.9. The Morgan fingerprint density at radius 1 is 0.857 bits per heavy atom. The van der Waals surface area contributed by atoms with Gasteiger partial charge in [0, 0.05) is 24.0 Å². The van der Waals surface area contributed by atoms with Crippen LogP contribution in [0.25, 0.3) is 22.3 Å². The van der Waals surface area contributed by atoms with Gasteiger partial charge in [0.2, 0.25) is 0 Å². The minimum absolute atomic E-state index is 0.119. The van der Waals surface area contributed by atoms with E-state index in [1.165, 1.54) is 12.3 Å². The molecule has 0 saturated heterocycles. The van der Waals surface area contributed by atoms with Crippen molar-refractivity contribution in [2.75, 3.05) is 0 Å². The summed E-state index contributed by atoms with van der Waals surface area (Å²) in [6.45, 7) is 4.54. The van der Waals surface area contributed by atoms with Gasteiger partial charge in [-0.3, -0.25) is 9.78 Å². The van der Waals surface area contributed by atoms with E-state index in [1.807, 2.05) is 30.3 Å². The Balaban J connectivity index is 1.38. The van der Waals surface area contributed by atoms with E-state index < -0.39 is 0 Å². The number of phenolic OH excluding ortho intramolecular Hbond substituents is 1. The molecule has 0 atom stereocenters. The molecule has 0 aliphatic rings. The summed E-state index contributed by atoms with van der Waals surface area (Å²) in [5.41, 5.74) is 8.93. The Labute approximate surface area is 249 Å². The number of rotatable bonds is 9. The molecule has 0 amide bonds. The lowest BCUT2D eigenvalue weighted by Crippen LogP contribution is -2.03. The molecule has 1 heterocycles. The molecule has 208 valence electrons. The number of hydrogen-bond acceptors (Lipinski definition) is 6. The van der Waals surface area contributed by atoms with E-state index in [0.29, 0.717) is 39.5 Å². The summed E-state index contributed by atoms with van der Waals surface area (Å²) in [5.74, 6) is 0.939. The molecule has 5 aromatic rings. The molecule has 6 nitrogen and oxygen atoms in total. The van der Waals surface area contributed by atoms with Crippen molar-refractivity contribution >= 4 is 17.9 Å². The Morgan fingerprint density at radius 3 is 2.29 bits per heavy atom. The molecule has 0 spiro atoms. The number of ether oxygens (including phenoxy) is 2. The van der Waals surface area contributed by atoms with Gasteiger partial charge in [-0.2, -0.15) is 5.26 Å². The van der Waals surface area contributed by atoms with Crippen molar-refractivity contribution in [3.05, 3.63) is 130 Å². The second-order valence-electron chi connectivity index (χ2n) is 9.82. The fourth-order valence-corrected chi connectivity index (χ4v) is 5.06. The van der Waals surface area contributed by atoms with Gasteiger partial charge in [-0.1, -0.05) is 60.1 Å². The molecule has 1 aromatic heterocycles. The maximum atomic E-state index is 11.7. The average Bonchev–Trinajstić information content (AvgIpc) is 3.01. The van der Waals surface area contributed by atoms with Crippen LogP contribution in [0.4, 0.5) is 0 Å². The van der Waals surface area contributed by atoms with E-state index in [2.05, 4.69) is 43.1 Å². The van der Waals surface area contributed by atoms with Crippen molar-refractivity contribution < 1.29 is 19.4 Å². The van der Waals surface area contributed by atoms with Crippen LogP contribution in [0.5, 0.6) is 17.2 Å². The number of halogens is 1. The van der Waals surface area contributed by atoms with Crippen molar-refractivity contribution in [3.8, 4) is 45.6 Å². The molecule has 42 heavy (non-hydrogen) atoms. The van der Waals surface area contributed by atoms with Crippen molar-refractivity contribution in [1.29, 1.82) is 5.26 Å². The van der Waals surface area contributed by atoms with Crippen LogP contribution >= 0.6 is 11.6 Å². The highest BCUT2D eigenvalue weighted by atomic mass is 35.5. The SMILES string of the molecule is Cc1c(COc2cc(OCc3cncc(C#N)c3)c(C=O)cc2Cl)cccc1-c1cccc(-c2ccc(O)cc2)c1C. The van der Waals surface area contributed by atoms with E-state index in [-0.39, 0.29) is 19.0 Å². The first-order valence-electron chi connectivity index (χ1n) is 13.2. The van der Waals surface area contributed by atoms with E-state index >= 15 is 0 Å². The third-order valence-corrected chi connectivity index (χ3v) is 7.44. The predicted octanol–water partition coefficient (Wildman–Crippen LogP) is 8.23. The number of pyridine rings is 1. The second kappa shape index (κ2) is 12.6. The number of nitrogens with zero attached hydrogens (tertiary/aromatic N) is 2. The van der Waals surface area contributed by atoms with Gasteiger partial charge in [0.05, 0.1) is 16.1 Å². The van der Waals surface area contributed by atoms with Crippen molar-refractivity contribution in [1.82, 2.24) is 4.98 Å². The topological polar surface area (TPSA) is 92.4 Å². The van der Waals surface area contributed by atoms with E-state index in [0.717, 1.165) is 38.9 Å². The number of aldehydes is 1. The lowest BCUT2D eigenvalue weighted by Gasteiger charge is -2.17. The third-order valence-electron chi connectivity index (χ3n) is 7.14. The van der Waals surface area contributed by atoms with Gasteiger partial charge >= 0.3 is 0 Å². The summed E-state index contributed by atoms with van der Waals surface area (Å²) in [7, 11) is 0. The molecule has 0 bridgehead atoms. The molecule has 0 aliphatic carbocycles. The smallest absolute Gasteiger partial charge is 0.153 e. The van der Waals surface area contributed by atoms with Crippen LogP contribution in [-0.2, 0) is 13.2 Å². The molecule has 1 N–H and O–H groups in total. The third kappa shape index (κ3) is 6.12. The zero-order valence-electron chi connectivity index (χ0n) is 23.1. The Morgan fingerprint density at radius 2 is 1.55 bits per heavy atom. The Kier molecular flexibility index (Phi) is 8.52. The molecule has 0 saturated carbocycles. The highest BCUT2D eigenvalue weighted by Crippen LogP contribution is 2.36. The average molecular weight is 575 g/mol. The van der Waals surface area contributed by atoms with Crippen LogP contribution < -0.4 is 9.47 Å². The quantitative estimate of drug-likeness (QED) is 0.178. The summed E-state index contributed by atoms with van der Waals surface area (Å²) in [4.78, 5) is 15.8. The molecule has 0 unspecified atom stereocenters. The van der Waals surface area contributed by atoms with Crippen molar-refractivity contribution in [3.63, 3.8) is 0 Å². The number of aromatic hydroxyl groups is 1. The van der Waals surface area contributed by atoms with Gasteiger partial charge in [0.15, 0.2) is 6.29 Å². The molecule has 0 aliphatic heterocycles. The fourth-order valence-electron chi connectivity index (χ4n) is 4.83. The van der Waals surface area contributed by atoms with Crippen LogP contribution in [0, 0.1) is 25.2 Å². The van der Waals surface area contributed by atoms with Crippen molar-refractivity contribution in [2.45, 2.75) is 27.1 Å². The van der Waals surface area contributed by atoms with E-state index in [4.69, 9.17) is 26.3 Å². The number of phenols is 1. The van der Waals surface area contributed by atoms with Crippen LogP contribution in [-0.4, -0.2) is 16.4 Å². The van der Waals surface area contributed by atoms with Crippen LogP contribution in [0.3, 0.4) is 0 Å². The first-order valence-corrected chi connectivity index (χ1v) is 13.6. The highest BCUT2D eigenvalue weighted by molar-refractivity contribution is 6.32. The lowest BCUT2D eigenvalue weighted by molar-refractivity contribution is 0.111. The Bertz CT molecular complexity index is 1810. The number of aromatic nitrogens is 1. The number of carbonyl (C=O) groups is 1. The molecule has 5 rings (SSSR count). The number of hydrogen-bond donors (Lipinski definition) is 1. The number of nitriles is 1. The normalized spacial score (nSPS) is 10.6. The summed E-state index contributed by atoms with van der Waals surface area (Å²) in [6.07, 6.45) is 3.75. The molecular weight excluding hydrogens is 548 g/mol. The van der Waals surface area contributed by atoms with Crippen LogP contribution in [0.2, 0.25) is 5.02 Å². The van der Waals surface area contributed by atoms with Gasteiger partial charge in [-0.15, -0.1) is 0 Å². The first-order chi connectivity index (χ1) is 20.4. The second-order valence-corrected chi connectivity index (χ2v) is 10.2. The number of carbonyl (C=O) groups excluding carboxylic acids is 1. The van der Waals surface area contributed by atoms with E-state index in [9.17, 15) is 9.90 Å². The fraction of sp³-hybridized carbons (Fsp3) is 0.114. The molecule has 0 radical (unpaired) electrons. The summed E-state index contributed by atoms with van der Waals surface area (Å²) in [5, 5.41) is 19.1. The van der Waals surface area contributed by atoms with Crippen LogP contribution in [0.1, 0.15) is 38.2 Å². The summed E-state index contributed by atoms with van der Waals surface area (Å²) < 4.78 is 12.0. The lowest BCUT2D eigenvalue weighted by atomic mass is 9.89. The highest BCUT2D eigenvalue weighted by Gasteiger charge is 2.15. The maximum Gasteiger partial charge on any atom is 0.153 e. The van der Waals surface area contributed by atoms with Crippen molar-refractivity contribution in [2.24, 2.45) is 0 Å². The van der Waals surface area contributed by atoms with Gasteiger partial charge in [0.1, 0.15) is 36.5 Å². The Hall–Kier alpha value is -5.12. The molecular formula is C35H27ClN2O4.